The largest absolute Gasteiger partial charge is 0.369 e. The zero-order valence-corrected chi connectivity index (χ0v) is 11.1. The van der Waals surface area contributed by atoms with Gasteiger partial charge in [0.25, 0.3) is 0 Å². The number of nitrogens with one attached hydrogen (secondary N) is 1. The molecular formula is C14H23N3O. The van der Waals surface area contributed by atoms with Gasteiger partial charge in [-0.3, -0.25) is 0 Å². The summed E-state index contributed by atoms with van der Waals surface area (Å²) in [5.41, 5.74) is 1.25. The highest BCUT2D eigenvalue weighted by atomic mass is 16.5. The van der Waals surface area contributed by atoms with E-state index in [0.29, 0.717) is 6.04 Å². The van der Waals surface area contributed by atoms with Gasteiger partial charge in [0.05, 0.1) is 24.8 Å². The number of aromatic nitrogens is 2. The van der Waals surface area contributed by atoms with Gasteiger partial charge in [-0.25, -0.2) is 4.98 Å². The Hall–Kier alpha value is -0.870. The first-order valence-electron chi connectivity index (χ1n) is 7.22. The Morgan fingerprint density at radius 3 is 3.11 bits per heavy atom. The van der Waals surface area contributed by atoms with E-state index in [0.717, 1.165) is 25.6 Å². The van der Waals surface area contributed by atoms with Crippen molar-refractivity contribution in [2.24, 2.45) is 5.92 Å². The molecule has 1 aliphatic heterocycles. The van der Waals surface area contributed by atoms with Crippen LogP contribution >= 0.6 is 0 Å². The zero-order valence-electron chi connectivity index (χ0n) is 11.1. The highest BCUT2D eigenvalue weighted by Crippen LogP contribution is 2.38. The summed E-state index contributed by atoms with van der Waals surface area (Å²) in [7, 11) is 0. The number of hydrogen-bond donors (Lipinski definition) is 1. The molecule has 1 saturated heterocycles. The van der Waals surface area contributed by atoms with Crippen molar-refractivity contribution in [2.45, 2.75) is 44.8 Å². The third-order valence-electron chi connectivity index (χ3n) is 4.12. The van der Waals surface area contributed by atoms with Crippen molar-refractivity contribution in [3.63, 3.8) is 0 Å². The molecular weight excluding hydrogens is 226 g/mol. The molecule has 2 fully saturated rings. The molecule has 1 aliphatic carbocycles. The van der Waals surface area contributed by atoms with Crippen LogP contribution in [0.4, 0.5) is 0 Å². The molecule has 1 aromatic heterocycles. The summed E-state index contributed by atoms with van der Waals surface area (Å²) < 4.78 is 8.21. The zero-order chi connectivity index (χ0) is 12.4. The lowest BCUT2D eigenvalue weighted by molar-refractivity contribution is 0.0217. The maximum absolute atomic E-state index is 5.85. The molecule has 3 rings (SSSR count). The van der Waals surface area contributed by atoms with Crippen LogP contribution in [0.3, 0.4) is 0 Å². The SMILES string of the molecule is CCC(CC1CC1)n1cncc1C1CNCCO1. The smallest absolute Gasteiger partial charge is 0.111 e. The molecule has 1 saturated carbocycles. The average Bonchev–Trinajstić information content (AvgIpc) is 3.11. The van der Waals surface area contributed by atoms with Gasteiger partial charge in [-0.2, -0.15) is 0 Å². The Morgan fingerprint density at radius 1 is 1.56 bits per heavy atom. The Kier molecular flexibility index (Phi) is 3.66. The van der Waals surface area contributed by atoms with E-state index in [1.165, 1.54) is 31.4 Å². The topological polar surface area (TPSA) is 39.1 Å². The molecule has 100 valence electrons. The summed E-state index contributed by atoms with van der Waals surface area (Å²) in [6, 6.07) is 0.598. The number of hydrogen-bond acceptors (Lipinski definition) is 3. The molecule has 2 unspecified atom stereocenters. The summed E-state index contributed by atoms with van der Waals surface area (Å²) in [5, 5.41) is 3.39. The van der Waals surface area contributed by atoms with Gasteiger partial charge in [0.2, 0.25) is 0 Å². The lowest BCUT2D eigenvalue weighted by atomic mass is 10.1. The van der Waals surface area contributed by atoms with E-state index in [4.69, 9.17) is 4.74 Å². The summed E-state index contributed by atoms with van der Waals surface area (Å²) in [6.07, 6.45) is 9.47. The van der Waals surface area contributed by atoms with E-state index in [2.05, 4.69) is 21.8 Å². The molecule has 2 aliphatic rings. The molecule has 0 spiro atoms. The maximum Gasteiger partial charge on any atom is 0.111 e. The Balaban J connectivity index is 1.75. The van der Waals surface area contributed by atoms with Crippen LogP contribution in [0.2, 0.25) is 0 Å². The van der Waals surface area contributed by atoms with Crippen molar-refractivity contribution >= 4 is 0 Å². The van der Waals surface area contributed by atoms with Crippen LogP contribution in [0, 0.1) is 5.92 Å². The molecule has 4 nitrogen and oxygen atoms in total. The van der Waals surface area contributed by atoms with E-state index < -0.39 is 0 Å². The van der Waals surface area contributed by atoms with Gasteiger partial charge in [-0.1, -0.05) is 19.8 Å². The van der Waals surface area contributed by atoms with Gasteiger partial charge in [0.15, 0.2) is 0 Å². The van der Waals surface area contributed by atoms with Gasteiger partial charge < -0.3 is 14.6 Å². The van der Waals surface area contributed by atoms with Gasteiger partial charge in [0.1, 0.15) is 6.10 Å². The van der Waals surface area contributed by atoms with Crippen molar-refractivity contribution in [2.75, 3.05) is 19.7 Å². The first-order valence-corrected chi connectivity index (χ1v) is 7.22. The summed E-state index contributed by atoms with van der Waals surface area (Å²) in [6.45, 7) is 4.95. The predicted octanol–water partition coefficient (Wildman–Crippen LogP) is 2.30. The van der Waals surface area contributed by atoms with Crippen LogP contribution in [0.1, 0.15) is 50.4 Å². The second-order valence-electron chi connectivity index (χ2n) is 5.53. The highest BCUT2D eigenvalue weighted by molar-refractivity contribution is 5.06. The van der Waals surface area contributed by atoms with Crippen molar-refractivity contribution in [1.29, 1.82) is 0 Å². The fraction of sp³-hybridized carbons (Fsp3) is 0.786. The molecule has 0 bridgehead atoms. The lowest BCUT2D eigenvalue weighted by Crippen LogP contribution is -2.34. The van der Waals surface area contributed by atoms with E-state index in [1.54, 1.807) is 0 Å². The Labute approximate surface area is 109 Å². The minimum atomic E-state index is 0.175. The highest BCUT2D eigenvalue weighted by Gasteiger charge is 2.28. The average molecular weight is 249 g/mol. The van der Waals surface area contributed by atoms with E-state index in [9.17, 15) is 0 Å². The van der Waals surface area contributed by atoms with Crippen molar-refractivity contribution in [1.82, 2.24) is 14.9 Å². The van der Waals surface area contributed by atoms with Crippen LogP contribution in [0.25, 0.3) is 0 Å². The third kappa shape index (κ3) is 2.59. The number of morpholine rings is 1. The van der Waals surface area contributed by atoms with Gasteiger partial charge >= 0.3 is 0 Å². The number of nitrogens with zero attached hydrogens (tertiary/aromatic N) is 2. The number of imidazole rings is 1. The Morgan fingerprint density at radius 2 is 2.44 bits per heavy atom. The molecule has 18 heavy (non-hydrogen) atoms. The van der Waals surface area contributed by atoms with Crippen LogP contribution < -0.4 is 5.32 Å². The first kappa shape index (κ1) is 12.2. The molecule has 4 heteroatoms. The molecule has 1 N–H and O–H groups in total. The number of ether oxygens (including phenoxy) is 1. The van der Waals surface area contributed by atoms with Gasteiger partial charge in [-0.15, -0.1) is 0 Å². The normalized spacial score (nSPS) is 26.2. The molecule has 0 aromatic carbocycles. The fourth-order valence-corrected chi connectivity index (χ4v) is 2.84. The van der Waals surface area contributed by atoms with Crippen LogP contribution in [-0.4, -0.2) is 29.2 Å². The predicted molar refractivity (Wildman–Crippen MR) is 70.5 cm³/mol. The Bertz CT molecular complexity index is 380. The molecule has 0 radical (unpaired) electrons. The quantitative estimate of drug-likeness (QED) is 0.870. The molecule has 2 heterocycles. The molecule has 2 atom stereocenters. The van der Waals surface area contributed by atoms with E-state index >= 15 is 0 Å². The second kappa shape index (κ2) is 5.41. The van der Waals surface area contributed by atoms with Crippen molar-refractivity contribution in [3.8, 4) is 0 Å². The van der Waals surface area contributed by atoms with Gasteiger partial charge in [0, 0.05) is 19.1 Å². The maximum atomic E-state index is 5.85. The standard InChI is InChI=1S/C14H23N3O/c1-2-12(7-11-3-4-11)17-10-16-8-13(17)14-9-15-5-6-18-14/h8,10-12,14-15H,2-7,9H2,1H3. The van der Waals surface area contributed by atoms with Crippen molar-refractivity contribution in [3.05, 3.63) is 18.2 Å². The van der Waals surface area contributed by atoms with Crippen LogP contribution in [0.5, 0.6) is 0 Å². The molecule has 1 aromatic rings. The van der Waals surface area contributed by atoms with Gasteiger partial charge in [-0.05, 0) is 18.8 Å². The summed E-state index contributed by atoms with van der Waals surface area (Å²) in [5.74, 6) is 0.954. The van der Waals surface area contributed by atoms with E-state index in [-0.39, 0.29) is 6.10 Å². The monoisotopic (exact) mass is 249 g/mol. The minimum Gasteiger partial charge on any atom is -0.369 e. The van der Waals surface area contributed by atoms with Crippen LogP contribution in [0.15, 0.2) is 12.5 Å². The minimum absolute atomic E-state index is 0.175. The van der Waals surface area contributed by atoms with Crippen molar-refractivity contribution < 1.29 is 4.74 Å². The van der Waals surface area contributed by atoms with Crippen LogP contribution in [-0.2, 0) is 4.74 Å². The third-order valence-corrected chi connectivity index (χ3v) is 4.12. The lowest BCUT2D eigenvalue weighted by Gasteiger charge is -2.27. The first-order chi connectivity index (χ1) is 8.88. The summed E-state index contributed by atoms with van der Waals surface area (Å²) >= 11 is 0. The van der Waals surface area contributed by atoms with E-state index in [1.807, 2.05) is 12.5 Å². The molecule has 0 amide bonds. The second-order valence-corrected chi connectivity index (χ2v) is 5.53. The summed E-state index contributed by atoms with van der Waals surface area (Å²) in [4.78, 5) is 4.35. The fourth-order valence-electron chi connectivity index (χ4n) is 2.84. The number of rotatable bonds is 5.